The van der Waals surface area contributed by atoms with E-state index in [1.165, 1.54) is 16.9 Å². The smallest absolute Gasteiger partial charge is 0.325 e. The molecule has 2 fully saturated rings. The molecule has 4 aliphatic rings. The molecule has 3 heterocycles. The molecule has 2 saturated heterocycles. The predicted molar refractivity (Wildman–Crippen MR) is 179 cm³/mol. The Morgan fingerprint density at radius 1 is 1.07 bits per heavy atom. The first-order valence-electron chi connectivity index (χ1n) is 16.3. The number of allylic oxidation sites excluding steroid dienone is 7. The van der Waals surface area contributed by atoms with E-state index in [1.54, 1.807) is 19.1 Å². The average Bonchev–Trinajstić information content (AvgIpc) is 3.13. The van der Waals surface area contributed by atoms with Crippen LogP contribution in [0.4, 0.5) is 4.79 Å². The lowest BCUT2D eigenvalue weighted by molar-refractivity contribution is -0.139. The molecule has 45 heavy (non-hydrogen) atoms. The topological polar surface area (TPSA) is 99.6 Å². The predicted octanol–water partition coefficient (Wildman–Crippen LogP) is 7.35. The van der Waals surface area contributed by atoms with E-state index in [0.717, 1.165) is 34.6 Å². The zero-order valence-corrected chi connectivity index (χ0v) is 29.0. The van der Waals surface area contributed by atoms with E-state index in [-0.39, 0.29) is 18.5 Å². The van der Waals surface area contributed by atoms with Crippen LogP contribution in [-0.2, 0) is 19.1 Å². The number of urea groups is 1. The van der Waals surface area contributed by atoms with Crippen LogP contribution in [0.1, 0.15) is 93.4 Å². The molecular weight excluding hydrogens is 570 g/mol. The van der Waals surface area contributed by atoms with E-state index in [4.69, 9.17) is 9.47 Å². The quantitative estimate of drug-likeness (QED) is 0.297. The first-order valence-corrected chi connectivity index (χ1v) is 16.3. The second kappa shape index (κ2) is 17.7. The minimum absolute atomic E-state index is 0.0570. The van der Waals surface area contributed by atoms with Gasteiger partial charge in [-0.3, -0.25) is 14.5 Å². The molecule has 3 aliphatic heterocycles. The highest BCUT2D eigenvalue weighted by Gasteiger charge is 2.55. The largest absolute Gasteiger partial charge is 0.497 e. The van der Waals surface area contributed by atoms with Crippen molar-refractivity contribution in [2.75, 3.05) is 40.4 Å². The van der Waals surface area contributed by atoms with E-state index in [9.17, 15) is 19.5 Å². The van der Waals surface area contributed by atoms with Gasteiger partial charge in [0.2, 0.25) is 5.91 Å². The fraction of sp³-hybridized carbons (Fsp3) is 0.583. The van der Waals surface area contributed by atoms with Crippen molar-refractivity contribution in [3.63, 3.8) is 0 Å². The lowest BCUT2D eigenvalue weighted by atomic mass is 9.82. The molecule has 1 spiro atoms. The number of likely N-dealkylation sites (tertiary alicyclic amines) is 1. The van der Waals surface area contributed by atoms with Gasteiger partial charge in [0.25, 0.3) is 0 Å². The zero-order chi connectivity index (χ0) is 33.7. The van der Waals surface area contributed by atoms with Crippen LogP contribution in [0.5, 0.6) is 0 Å². The Balaban J connectivity index is 0.000000790. The van der Waals surface area contributed by atoms with Crippen LogP contribution in [0.3, 0.4) is 0 Å². The first-order chi connectivity index (χ1) is 21.5. The van der Waals surface area contributed by atoms with Crippen LogP contribution in [0.25, 0.3) is 0 Å². The molecule has 4 rings (SSSR count). The molecule has 0 aromatic rings. The molecule has 0 bridgehead atoms. The van der Waals surface area contributed by atoms with Crippen molar-refractivity contribution in [1.29, 1.82) is 0 Å². The van der Waals surface area contributed by atoms with Gasteiger partial charge in [-0.05, 0) is 83.4 Å². The molecule has 0 radical (unpaired) electrons. The van der Waals surface area contributed by atoms with Crippen LogP contribution >= 0.6 is 0 Å². The summed E-state index contributed by atoms with van der Waals surface area (Å²) in [5, 5.41) is 9.70. The second-order valence-corrected chi connectivity index (χ2v) is 11.7. The third-order valence-electron chi connectivity index (χ3n) is 8.80. The Bertz CT molecular complexity index is 1260. The number of fused-ring (bicyclic) bond motifs is 2. The van der Waals surface area contributed by atoms with E-state index in [2.05, 4.69) is 32.9 Å². The van der Waals surface area contributed by atoms with Crippen LogP contribution in [-0.4, -0.2) is 83.7 Å². The van der Waals surface area contributed by atoms with Crippen molar-refractivity contribution in [1.82, 2.24) is 14.7 Å². The summed E-state index contributed by atoms with van der Waals surface area (Å²) in [5.41, 5.74) is 4.80. The van der Waals surface area contributed by atoms with Gasteiger partial charge in [0.1, 0.15) is 18.1 Å². The van der Waals surface area contributed by atoms with Crippen molar-refractivity contribution in [3.05, 3.63) is 69.9 Å². The molecule has 0 unspecified atom stereocenters. The molecule has 0 aromatic heterocycles. The lowest BCUT2D eigenvalue weighted by Gasteiger charge is -2.44. The average molecular weight is 626 g/mol. The number of aliphatic carboxylic acids is 1. The number of amides is 3. The van der Waals surface area contributed by atoms with E-state index in [1.807, 2.05) is 50.8 Å². The van der Waals surface area contributed by atoms with Gasteiger partial charge >= 0.3 is 12.0 Å². The maximum absolute atomic E-state index is 13.8. The third kappa shape index (κ3) is 9.14. The summed E-state index contributed by atoms with van der Waals surface area (Å²) in [7, 11) is 3.25. The van der Waals surface area contributed by atoms with Gasteiger partial charge in [-0.2, -0.15) is 0 Å². The summed E-state index contributed by atoms with van der Waals surface area (Å²) >= 11 is 0. The standard InChI is InChI=1S/C28H37N3O6.C6H12.C2H6/c1-19(2)8-11-25(32)29-14-12-28(13-15-29)24-7-5-6-22-20(9-10-21(36-3)16-23(22)37-4)17-30(24)27(35)31(28)18-26(33)34;1-4-6(3)5-2;1-2/h7-8,10,16H,5-6,9,11-15,17-18H2,1-4H3,(H,33,34);4H,5H2,1-3H3;1-2H3/b24-7-;6-4-;. The number of rotatable bonds is 7. The SMILES string of the molecule is C/C=C(/C)CC.CC.COC1=CCC2=C(CC/C=C3\N(C2)C(=O)N(CC(=O)O)C32CCN(C(=O)CC=C(C)C)CC2)C(OC)=C1. The summed E-state index contributed by atoms with van der Waals surface area (Å²) in [5.74, 6) is 0.446. The van der Waals surface area contributed by atoms with Crippen molar-refractivity contribution in [2.24, 2.45) is 0 Å². The molecule has 250 valence electrons. The molecule has 0 aromatic carbocycles. The number of methoxy groups -OCH3 is 2. The van der Waals surface area contributed by atoms with E-state index >= 15 is 0 Å². The number of carbonyl (C=O) groups is 3. The number of carboxylic acid groups (broad SMARTS) is 1. The number of ether oxygens (including phenoxy) is 2. The van der Waals surface area contributed by atoms with Gasteiger partial charge in [-0.1, -0.05) is 50.1 Å². The second-order valence-electron chi connectivity index (χ2n) is 11.7. The lowest BCUT2D eigenvalue weighted by Crippen LogP contribution is -2.55. The monoisotopic (exact) mass is 625 g/mol. The van der Waals surface area contributed by atoms with Crippen LogP contribution in [0, 0.1) is 0 Å². The maximum atomic E-state index is 13.8. The Hall–Kier alpha value is -3.75. The fourth-order valence-corrected chi connectivity index (χ4v) is 6.03. The van der Waals surface area contributed by atoms with Crippen LogP contribution < -0.4 is 0 Å². The molecule has 0 atom stereocenters. The normalized spacial score (nSPS) is 20.3. The fourth-order valence-electron chi connectivity index (χ4n) is 6.03. The number of hydrogen-bond donors (Lipinski definition) is 1. The Labute approximate surface area is 270 Å². The summed E-state index contributed by atoms with van der Waals surface area (Å²) in [6.07, 6.45) is 14.6. The molecule has 0 saturated carbocycles. The number of carboxylic acids is 1. The van der Waals surface area contributed by atoms with Gasteiger partial charge < -0.3 is 24.4 Å². The van der Waals surface area contributed by atoms with Crippen LogP contribution in [0.2, 0.25) is 0 Å². The molecule has 3 amide bonds. The molecule has 9 nitrogen and oxygen atoms in total. The van der Waals surface area contributed by atoms with Crippen molar-refractivity contribution in [2.45, 2.75) is 99.0 Å². The summed E-state index contributed by atoms with van der Waals surface area (Å²) in [4.78, 5) is 43.5. The van der Waals surface area contributed by atoms with Gasteiger partial charge in [0.15, 0.2) is 0 Å². The Kier molecular flexibility index (Phi) is 14.7. The molecule has 1 N–H and O–H groups in total. The highest BCUT2D eigenvalue weighted by atomic mass is 16.5. The van der Waals surface area contributed by atoms with E-state index in [0.29, 0.717) is 57.5 Å². The highest BCUT2D eigenvalue weighted by Crippen LogP contribution is 2.46. The Morgan fingerprint density at radius 3 is 2.24 bits per heavy atom. The minimum Gasteiger partial charge on any atom is -0.497 e. The highest BCUT2D eigenvalue weighted by molar-refractivity contribution is 5.87. The maximum Gasteiger partial charge on any atom is 0.325 e. The van der Waals surface area contributed by atoms with Gasteiger partial charge in [-0.15, -0.1) is 0 Å². The summed E-state index contributed by atoms with van der Waals surface area (Å²) < 4.78 is 11.2. The number of hydrogen-bond acceptors (Lipinski definition) is 5. The molecular formula is C36H55N3O6. The number of piperidine rings is 1. The third-order valence-corrected chi connectivity index (χ3v) is 8.80. The zero-order valence-electron chi connectivity index (χ0n) is 29.0. The van der Waals surface area contributed by atoms with Gasteiger partial charge in [0, 0.05) is 37.8 Å². The molecule has 9 heteroatoms. The van der Waals surface area contributed by atoms with Crippen molar-refractivity contribution in [3.8, 4) is 0 Å². The minimum atomic E-state index is -1.04. The summed E-state index contributed by atoms with van der Waals surface area (Å²) in [6.45, 7) is 15.2. The van der Waals surface area contributed by atoms with Gasteiger partial charge in [0.05, 0.1) is 19.8 Å². The number of carbonyl (C=O) groups excluding carboxylic acids is 2. The summed E-state index contributed by atoms with van der Waals surface area (Å²) in [6, 6.07) is -0.296. The van der Waals surface area contributed by atoms with Crippen molar-refractivity contribution >= 4 is 17.9 Å². The Morgan fingerprint density at radius 2 is 1.73 bits per heavy atom. The first kappa shape index (κ1) is 37.4. The van der Waals surface area contributed by atoms with Crippen LogP contribution in [0.15, 0.2) is 69.9 Å². The van der Waals surface area contributed by atoms with E-state index < -0.39 is 11.5 Å². The van der Waals surface area contributed by atoms with Gasteiger partial charge in [-0.25, -0.2) is 4.79 Å². The number of nitrogens with zero attached hydrogens (tertiary/aromatic N) is 3. The van der Waals surface area contributed by atoms with Crippen molar-refractivity contribution < 1.29 is 29.0 Å². The molecule has 1 aliphatic carbocycles.